The monoisotopic (exact) mass is 383 g/mol. The fraction of sp³-hybridized carbons (Fsp3) is 0.526. The average molecular weight is 383 g/mol. The summed E-state index contributed by atoms with van der Waals surface area (Å²) < 4.78 is 9.52. The minimum atomic E-state index is -0.0818. The van der Waals surface area contributed by atoms with Gasteiger partial charge in [-0.25, -0.2) is 9.97 Å². The SMILES string of the molecule is CCn1c(Cn2ccnc2C)nnc1C1CCN(C(=O)c2ocnc2C)CC1. The number of piperidine rings is 1. The van der Waals surface area contributed by atoms with Crippen LogP contribution in [0.3, 0.4) is 0 Å². The smallest absolute Gasteiger partial charge is 0.291 e. The number of aryl methyl sites for hydroxylation is 2. The molecule has 28 heavy (non-hydrogen) atoms. The van der Waals surface area contributed by atoms with E-state index in [0.717, 1.165) is 36.9 Å². The van der Waals surface area contributed by atoms with E-state index >= 15 is 0 Å². The molecule has 148 valence electrons. The fourth-order valence-corrected chi connectivity index (χ4v) is 3.83. The van der Waals surface area contributed by atoms with E-state index in [1.807, 2.05) is 18.0 Å². The first kappa shape index (κ1) is 18.4. The molecule has 1 aliphatic heterocycles. The van der Waals surface area contributed by atoms with Crippen LogP contribution in [0.2, 0.25) is 0 Å². The highest BCUT2D eigenvalue weighted by atomic mass is 16.3. The van der Waals surface area contributed by atoms with Gasteiger partial charge in [0, 0.05) is 37.9 Å². The van der Waals surface area contributed by atoms with Crippen LogP contribution in [0.25, 0.3) is 0 Å². The number of carbonyl (C=O) groups is 1. The second kappa shape index (κ2) is 7.57. The molecule has 9 nitrogen and oxygen atoms in total. The normalized spacial score (nSPS) is 15.3. The van der Waals surface area contributed by atoms with Crippen molar-refractivity contribution in [3.05, 3.63) is 47.7 Å². The van der Waals surface area contributed by atoms with Crippen molar-refractivity contribution in [2.24, 2.45) is 0 Å². The van der Waals surface area contributed by atoms with Crippen molar-refractivity contribution in [2.45, 2.75) is 52.6 Å². The van der Waals surface area contributed by atoms with Gasteiger partial charge in [0.2, 0.25) is 5.76 Å². The van der Waals surface area contributed by atoms with Crippen molar-refractivity contribution in [3.8, 4) is 0 Å². The summed E-state index contributed by atoms with van der Waals surface area (Å²) in [4.78, 5) is 22.7. The summed E-state index contributed by atoms with van der Waals surface area (Å²) in [6.07, 6.45) is 6.80. The molecular formula is C19H25N7O2. The highest BCUT2D eigenvalue weighted by molar-refractivity contribution is 5.92. The Morgan fingerprint density at radius 1 is 1.21 bits per heavy atom. The zero-order valence-electron chi connectivity index (χ0n) is 16.5. The predicted molar refractivity (Wildman–Crippen MR) is 101 cm³/mol. The van der Waals surface area contributed by atoms with E-state index < -0.39 is 0 Å². The van der Waals surface area contributed by atoms with E-state index in [1.54, 1.807) is 13.1 Å². The summed E-state index contributed by atoms with van der Waals surface area (Å²) in [5.41, 5.74) is 0.636. The first-order valence-electron chi connectivity index (χ1n) is 9.67. The Hall–Kier alpha value is -2.97. The van der Waals surface area contributed by atoms with Crippen LogP contribution in [-0.4, -0.2) is 53.2 Å². The number of rotatable bonds is 5. The number of oxazole rings is 1. The first-order valence-corrected chi connectivity index (χ1v) is 9.67. The van der Waals surface area contributed by atoms with Crippen molar-refractivity contribution in [1.82, 2.24) is 34.2 Å². The lowest BCUT2D eigenvalue weighted by Crippen LogP contribution is -2.38. The Labute approximate surface area is 163 Å². The largest absolute Gasteiger partial charge is 0.438 e. The number of hydrogen-bond donors (Lipinski definition) is 0. The third-order valence-corrected chi connectivity index (χ3v) is 5.49. The fourth-order valence-electron chi connectivity index (χ4n) is 3.83. The molecule has 0 bridgehead atoms. The highest BCUT2D eigenvalue weighted by Crippen LogP contribution is 2.28. The first-order chi connectivity index (χ1) is 13.6. The molecule has 0 spiro atoms. The minimum Gasteiger partial charge on any atom is -0.438 e. The molecule has 3 aromatic heterocycles. The van der Waals surface area contributed by atoms with Gasteiger partial charge >= 0.3 is 0 Å². The molecule has 4 rings (SSSR count). The molecule has 3 aromatic rings. The summed E-state index contributed by atoms with van der Waals surface area (Å²) in [5, 5.41) is 8.95. The summed E-state index contributed by atoms with van der Waals surface area (Å²) in [5.74, 6) is 3.47. The van der Waals surface area contributed by atoms with Gasteiger partial charge in [-0.2, -0.15) is 0 Å². The maximum absolute atomic E-state index is 12.6. The van der Waals surface area contributed by atoms with Crippen molar-refractivity contribution in [2.75, 3.05) is 13.1 Å². The van der Waals surface area contributed by atoms with Gasteiger partial charge in [-0.15, -0.1) is 10.2 Å². The molecule has 1 amide bonds. The number of likely N-dealkylation sites (tertiary alicyclic amines) is 1. The van der Waals surface area contributed by atoms with Crippen molar-refractivity contribution < 1.29 is 9.21 Å². The van der Waals surface area contributed by atoms with Gasteiger partial charge in [0.25, 0.3) is 5.91 Å². The maximum atomic E-state index is 12.6. The van der Waals surface area contributed by atoms with Crippen LogP contribution in [-0.2, 0) is 13.1 Å². The van der Waals surface area contributed by atoms with Crippen LogP contribution in [0.4, 0.5) is 0 Å². The van der Waals surface area contributed by atoms with E-state index in [1.165, 1.54) is 6.39 Å². The number of aromatic nitrogens is 6. The third-order valence-electron chi connectivity index (χ3n) is 5.49. The van der Waals surface area contributed by atoms with Crippen LogP contribution < -0.4 is 0 Å². The van der Waals surface area contributed by atoms with Gasteiger partial charge in [-0.1, -0.05) is 0 Å². The number of amides is 1. The van der Waals surface area contributed by atoms with Crippen molar-refractivity contribution in [3.63, 3.8) is 0 Å². The Balaban J connectivity index is 1.45. The van der Waals surface area contributed by atoms with Crippen molar-refractivity contribution >= 4 is 5.91 Å². The Morgan fingerprint density at radius 3 is 2.61 bits per heavy atom. The Morgan fingerprint density at radius 2 is 2.00 bits per heavy atom. The van der Waals surface area contributed by atoms with Gasteiger partial charge in [0.1, 0.15) is 11.6 Å². The summed E-state index contributed by atoms with van der Waals surface area (Å²) in [7, 11) is 0. The van der Waals surface area contributed by atoms with Crippen LogP contribution >= 0.6 is 0 Å². The molecule has 0 aliphatic carbocycles. The zero-order chi connectivity index (χ0) is 19.7. The molecule has 0 saturated carbocycles. The Bertz CT molecular complexity index is 963. The highest BCUT2D eigenvalue weighted by Gasteiger charge is 2.30. The molecular weight excluding hydrogens is 358 g/mol. The predicted octanol–water partition coefficient (Wildman–Crippen LogP) is 2.17. The number of nitrogens with zero attached hydrogens (tertiary/aromatic N) is 7. The maximum Gasteiger partial charge on any atom is 0.291 e. The van der Waals surface area contributed by atoms with E-state index in [0.29, 0.717) is 37.0 Å². The molecule has 1 saturated heterocycles. The number of hydrogen-bond acceptors (Lipinski definition) is 6. The molecule has 1 aliphatic rings. The molecule has 0 aromatic carbocycles. The lowest BCUT2D eigenvalue weighted by atomic mass is 9.95. The van der Waals surface area contributed by atoms with Gasteiger partial charge in [0.15, 0.2) is 12.2 Å². The molecule has 9 heteroatoms. The minimum absolute atomic E-state index is 0.0818. The molecule has 0 N–H and O–H groups in total. The molecule has 0 atom stereocenters. The quantitative estimate of drug-likeness (QED) is 0.670. The van der Waals surface area contributed by atoms with Crippen LogP contribution in [0, 0.1) is 13.8 Å². The van der Waals surface area contributed by atoms with Gasteiger partial charge in [-0.05, 0) is 33.6 Å². The third kappa shape index (κ3) is 3.32. The second-order valence-electron chi connectivity index (χ2n) is 7.15. The molecule has 4 heterocycles. The summed E-state index contributed by atoms with van der Waals surface area (Å²) in [6, 6.07) is 0. The van der Waals surface area contributed by atoms with E-state index in [-0.39, 0.29) is 5.91 Å². The molecule has 1 fully saturated rings. The van der Waals surface area contributed by atoms with E-state index in [4.69, 9.17) is 4.42 Å². The topological polar surface area (TPSA) is 94.9 Å². The van der Waals surface area contributed by atoms with Gasteiger partial charge in [-0.3, -0.25) is 4.79 Å². The van der Waals surface area contributed by atoms with Crippen LogP contribution in [0.1, 0.15) is 59.4 Å². The number of carbonyl (C=O) groups excluding carboxylic acids is 1. The van der Waals surface area contributed by atoms with Crippen LogP contribution in [0.5, 0.6) is 0 Å². The summed E-state index contributed by atoms with van der Waals surface area (Å²) in [6.45, 7) is 8.72. The lowest BCUT2D eigenvalue weighted by molar-refractivity contribution is 0.0677. The van der Waals surface area contributed by atoms with Gasteiger partial charge in [0.05, 0.1) is 12.2 Å². The Kier molecular flexibility index (Phi) is 4.97. The zero-order valence-corrected chi connectivity index (χ0v) is 16.5. The van der Waals surface area contributed by atoms with Crippen LogP contribution in [0.15, 0.2) is 23.2 Å². The van der Waals surface area contributed by atoms with Gasteiger partial charge < -0.3 is 18.5 Å². The average Bonchev–Trinajstić information content (AvgIpc) is 3.42. The second-order valence-corrected chi connectivity index (χ2v) is 7.15. The summed E-state index contributed by atoms with van der Waals surface area (Å²) >= 11 is 0. The lowest BCUT2D eigenvalue weighted by Gasteiger charge is -2.31. The molecule has 0 radical (unpaired) electrons. The van der Waals surface area contributed by atoms with Crippen molar-refractivity contribution in [1.29, 1.82) is 0 Å². The molecule has 0 unspecified atom stereocenters. The van der Waals surface area contributed by atoms with E-state index in [9.17, 15) is 4.79 Å². The van der Waals surface area contributed by atoms with E-state index in [2.05, 4.69) is 36.2 Å². The standard InChI is InChI=1S/C19H25N7O2/c1-4-26-16(11-25-10-7-20-14(25)3)22-23-18(26)15-5-8-24(9-6-15)19(27)17-13(2)21-12-28-17/h7,10,12,15H,4-6,8-9,11H2,1-3H3. The number of imidazole rings is 1.